The van der Waals surface area contributed by atoms with Gasteiger partial charge in [0.25, 0.3) is 0 Å². The zero-order chi connectivity index (χ0) is 24.1. The molecule has 1 saturated heterocycles. The molecule has 2 aromatic heterocycles. The Kier molecular flexibility index (Phi) is 8.28. The van der Waals surface area contributed by atoms with Crippen molar-refractivity contribution in [3.8, 4) is 0 Å². The number of nitrogens with zero attached hydrogens (tertiary/aromatic N) is 3. The van der Waals surface area contributed by atoms with Gasteiger partial charge in [0.2, 0.25) is 0 Å². The Bertz CT molecular complexity index is 1160. The van der Waals surface area contributed by atoms with E-state index in [0.717, 1.165) is 77.0 Å². The number of fused-ring (bicyclic) bond motifs is 1. The lowest BCUT2D eigenvalue weighted by atomic mass is 10.0. The van der Waals surface area contributed by atoms with E-state index < -0.39 is 0 Å². The maximum atomic E-state index is 12.6. The number of carbonyl (C=O) groups is 1. The van der Waals surface area contributed by atoms with Crippen molar-refractivity contribution in [3.05, 3.63) is 50.7 Å². The molecule has 3 aromatic rings. The Morgan fingerprint density at radius 1 is 1.24 bits per heavy atom. The molecule has 10 heteroatoms. The molecule has 0 atom stereocenters. The molecule has 0 saturated carbocycles. The first-order valence-corrected chi connectivity index (χ1v) is 12.8. The maximum absolute atomic E-state index is 12.6. The van der Waals surface area contributed by atoms with Gasteiger partial charge in [-0.2, -0.15) is 5.10 Å². The van der Waals surface area contributed by atoms with Crippen LogP contribution >= 0.6 is 27.5 Å². The molecular weight excluding hydrogens is 520 g/mol. The number of anilines is 1. The highest BCUT2D eigenvalue weighted by Crippen LogP contribution is 2.31. The molecular formula is C24H30BrClN6O2. The second kappa shape index (κ2) is 11.4. The van der Waals surface area contributed by atoms with Gasteiger partial charge in [0, 0.05) is 54.6 Å². The van der Waals surface area contributed by atoms with Gasteiger partial charge in [-0.3, -0.25) is 0 Å². The zero-order valence-corrected chi connectivity index (χ0v) is 21.8. The average Bonchev–Trinajstić information content (AvgIpc) is 3.27. The molecule has 2 amide bonds. The lowest BCUT2D eigenvalue weighted by Gasteiger charge is -2.26. The standard InChI is InChI=1S/C24H30BrClN6O2/c1-3-21-17(13-28-24(33)27-12-15-5-6-20(26)19(25)11-15)22(30-16-7-9-34-10-8-16)18-14-29-32(4-2)23(18)31-21/h5-6,11,14,16H,3-4,7-10,12-13H2,1-2H3,(H,30,31)(H2,27,28,33). The molecule has 0 bridgehead atoms. The number of hydrogen-bond acceptors (Lipinski definition) is 5. The van der Waals surface area contributed by atoms with E-state index in [4.69, 9.17) is 21.3 Å². The van der Waals surface area contributed by atoms with E-state index in [1.54, 1.807) is 6.07 Å². The number of pyridine rings is 1. The van der Waals surface area contributed by atoms with Crippen LogP contribution in [0.5, 0.6) is 0 Å². The number of hydrogen-bond donors (Lipinski definition) is 3. The monoisotopic (exact) mass is 548 g/mol. The number of aromatic nitrogens is 3. The number of amides is 2. The number of ether oxygens (including phenoxy) is 1. The van der Waals surface area contributed by atoms with Gasteiger partial charge in [-0.05, 0) is 59.8 Å². The molecule has 8 nitrogen and oxygen atoms in total. The Morgan fingerprint density at radius 2 is 2.00 bits per heavy atom. The third-order valence-electron chi connectivity index (χ3n) is 6.04. The van der Waals surface area contributed by atoms with Crippen molar-refractivity contribution >= 4 is 50.3 Å². The normalized spacial score (nSPS) is 14.4. The van der Waals surface area contributed by atoms with E-state index in [9.17, 15) is 4.79 Å². The van der Waals surface area contributed by atoms with E-state index in [2.05, 4.69) is 50.8 Å². The second-order valence-corrected chi connectivity index (χ2v) is 9.54. The third kappa shape index (κ3) is 5.64. The summed E-state index contributed by atoms with van der Waals surface area (Å²) in [5.74, 6) is 0. The Morgan fingerprint density at radius 3 is 2.71 bits per heavy atom. The molecule has 34 heavy (non-hydrogen) atoms. The van der Waals surface area contributed by atoms with Crippen LogP contribution in [0.1, 0.15) is 43.5 Å². The van der Waals surface area contributed by atoms with Gasteiger partial charge in [-0.25, -0.2) is 14.5 Å². The van der Waals surface area contributed by atoms with Crippen molar-refractivity contribution in [2.75, 3.05) is 18.5 Å². The highest BCUT2D eigenvalue weighted by Gasteiger charge is 2.22. The van der Waals surface area contributed by atoms with Crippen molar-refractivity contribution in [3.63, 3.8) is 0 Å². The topological polar surface area (TPSA) is 93.1 Å². The predicted octanol–water partition coefficient (Wildman–Crippen LogP) is 5.02. The largest absolute Gasteiger partial charge is 0.381 e. The number of nitrogens with one attached hydrogen (secondary N) is 3. The molecule has 1 fully saturated rings. The van der Waals surface area contributed by atoms with E-state index in [0.29, 0.717) is 24.2 Å². The van der Waals surface area contributed by atoms with Crippen molar-refractivity contribution in [1.82, 2.24) is 25.4 Å². The Labute approximate surface area is 212 Å². The van der Waals surface area contributed by atoms with Gasteiger partial charge in [0.05, 0.1) is 22.3 Å². The molecule has 1 aliphatic rings. The molecule has 4 rings (SSSR count). The maximum Gasteiger partial charge on any atom is 0.315 e. The minimum atomic E-state index is -0.241. The first-order chi connectivity index (χ1) is 16.5. The molecule has 0 unspecified atom stereocenters. The van der Waals surface area contributed by atoms with Crippen molar-refractivity contribution in [1.29, 1.82) is 0 Å². The van der Waals surface area contributed by atoms with Crippen LogP contribution in [0.3, 0.4) is 0 Å². The van der Waals surface area contributed by atoms with Gasteiger partial charge in [0.1, 0.15) is 0 Å². The first kappa shape index (κ1) is 24.8. The van der Waals surface area contributed by atoms with Crippen LogP contribution in [0, 0.1) is 0 Å². The van der Waals surface area contributed by atoms with Crippen LogP contribution < -0.4 is 16.0 Å². The highest BCUT2D eigenvalue weighted by atomic mass is 79.9. The van der Waals surface area contributed by atoms with Gasteiger partial charge in [-0.1, -0.05) is 24.6 Å². The van der Waals surface area contributed by atoms with Crippen LogP contribution in [-0.4, -0.2) is 40.1 Å². The number of urea groups is 1. The number of benzene rings is 1. The molecule has 0 aliphatic carbocycles. The number of carbonyl (C=O) groups excluding carboxylic acids is 1. The summed E-state index contributed by atoms with van der Waals surface area (Å²) in [6.07, 6.45) is 4.51. The van der Waals surface area contributed by atoms with Gasteiger partial charge >= 0.3 is 6.03 Å². The fourth-order valence-electron chi connectivity index (χ4n) is 4.16. The smallest absolute Gasteiger partial charge is 0.315 e. The second-order valence-electron chi connectivity index (χ2n) is 8.28. The van der Waals surface area contributed by atoms with Gasteiger partial charge in [-0.15, -0.1) is 0 Å². The minimum absolute atomic E-state index is 0.241. The summed E-state index contributed by atoms with van der Waals surface area (Å²) in [6.45, 7) is 7.15. The summed E-state index contributed by atoms with van der Waals surface area (Å²) < 4.78 is 8.25. The van der Waals surface area contributed by atoms with Crippen LogP contribution in [0.4, 0.5) is 10.5 Å². The summed E-state index contributed by atoms with van der Waals surface area (Å²) in [7, 11) is 0. The number of rotatable bonds is 8. The molecule has 182 valence electrons. The summed E-state index contributed by atoms with van der Waals surface area (Å²) in [4.78, 5) is 17.5. The molecule has 1 aliphatic heterocycles. The third-order valence-corrected chi connectivity index (χ3v) is 7.25. The van der Waals surface area contributed by atoms with Gasteiger partial charge in [0.15, 0.2) is 5.65 Å². The molecule has 3 N–H and O–H groups in total. The summed E-state index contributed by atoms with van der Waals surface area (Å²) >= 11 is 9.47. The lowest BCUT2D eigenvalue weighted by molar-refractivity contribution is 0.0904. The predicted molar refractivity (Wildman–Crippen MR) is 138 cm³/mol. The van der Waals surface area contributed by atoms with Crippen LogP contribution in [-0.2, 0) is 30.8 Å². The Hall–Kier alpha value is -2.36. The van der Waals surface area contributed by atoms with Crippen molar-refractivity contribution in [2.24, 2.45) is 0 Å². The molecule has 1 aromatic carbocycles. The lowest BCUT2D eigenvalue weighted by Crippen LogP contribution is -2.35. The van der Waals surface area contributed by atoms with Crippen LogP contribution in [0.25, 0.3) is 11.0 Å². The molecule has 0 spiro atoms. The fourth-order valence-corrected chi connectivity index (χ4v) is 4.71. The molecule has 0 radical (unpaired) electrons. The minimum Gasteiger partial charge on any atom is -0.381 e. The Balaban J connectivity index is 1.54. The van der Waals surface area contributed by atoms with Crippen LogP contribution in [0.15, 0.2) is 28.9 Å². The van der Waals surface area contributed by atoms with Gasteiger partial charge < -0.3 is 20.7 Å². The van der Waals surface area contributed by atoms with E-state index in [1.165, 1.54) is 0 Å². The summed E-state index contributed by atoms with van der Waals surface area (Å²) in [6, 6.07) is 5.66. The van der Waals surface area contributed by atoms with Crippen molar-refractivity contribution < 1.29 is 9.53 Å². The zero-order valence-electron chi connectivity index (χ0n) is 19.5. The van der Waals surface area contributed by atoms with E-state index >= 15 is 0 Å². The van der Waals surface area contributed by atoms with Crippen molar-refractivity contribution in [2.45, 2.75) is 58.8 Å². The first-order valence-electron chi connectivity index (χ1n) is 11.7. The highest BCUT2D eigenvalue weighted by molar-refractivity contribution is 9.10. The summed E-state index contributed by atoms with van der Waals surface area (Å²) in [5, 5.41) is 15.8. The van der Waals surface area contributed by atoms with E-state index in [1.807, 2.05) is 23.0 Å². The quantitative estimate of drug-likeness (QED) is 0.367. The number of aryl methyl sites for hydroxylation is 2. The average molecular weight is 550 g/mol. The molecule has 3 heterocycles. The van der Waals surface area contributed by atoms with E-state index in [-0.39, 0.29) is 6.03 Å². The summed E-state index contributed by atoms with van der Waals surface area (Å²) in [5.41, 5.74) is 4.80. The fraction of sp³-hybridized carbons (Fsp3) is 0.458. The SMILES string of the molecule is CCc1nc2c(cnn2CC)c(NC2CCOCC2)c1CNC(=O)NCc1ccc(Cl)c(Br)c1. The van der Waals surface area contributed by atoms with Crippen LogP contribution in [0.2, 0.25) is 5.02 Å². The number of halogens is 2.